The van der Waals surface area contributed by atoms with E-state index >= 15 is 0 Å². The summed E-state index contributed by atoms with van der Waals surface area (Å²) in [7, 11) is 1.55. The predicted molar refractivity (Wildman–Crippen MR) is 92.6 cm³/mol. The van der Waals surface area contributed by atoms with E-state index in [1.165, 1.54) is 4.90 Å². The molecule has 4 nitrogen and oxygen atoms in total. The van der Waals surface area contributed by atoms with Gasteiger partial charge in [-0.2, -0.15) is 0 Å². The molecule has 0 saturated carbocycles. The number of benzene rings is 2. The maximum Gasteiger partial charge on any atom is 0.361 e. The van der Waals surface area contributed by atoms with Gasteiger partial charge in [0.25, 0.3) is 4.46 Å². The average Bonchev–Trinajstić information content (AvgIpc) is 2.55. The number of para-hydroxylation sites is 1. The number of carboxylic acid groups (broad SMARTS) is 1. The van der Waals surface area contributed by atoms with Crippen LogP contribution in [0, 0.1) is 0 Å². The molecule has 0 radical (unpaired) electrons. The molecule has 122 valence electrons. The first-order valence-electron chi connectivity index (χ1n) is 6.61. The molecule has 0 saturated heterocycles. The van der Waals surface area contributed by atoms with E-state index in [2.05, 4.69) is 0 Å². The first-order valence-corrected chi connectivity index (χ1v) is 7.80. The molecule has 1 unspecified atom stereocenters. The highest BCUT2D eigenvalue weighted by Gasteiger charge is 2.44. The zero-order valence-electron chi connectivity index (χ0n) is 12.1. The predicted octanol–water partition coefficient (Wildman–Crippen LogP) is 4.66. The van der Waals surface area contributed by atoms with Crippen LogP contribution in [0.25, 0.3) is 0 Å². The van der Waals surface area contributed by atoms with Gasteiger partial charge in [0, 0.05) is 5.69 Å². The van der Waals surface area contributed by atoms with E-state index in [9.17, 15) is 9.90 Å². The standard InChI is InChI=1S/C16H14Cl3NO3/c1-23-13-9-7-11(8-10-13)14(17)20(16(18,19)15(21)22)12-5-3-2-4-6-12/h2-10,14H,1H3,(H,21,22). The lowest BCUT2D eigenvalue weighted by molar-refractivity contribution is -0.137. The highest BCUT2D eigenvalue weighted by Crippen LogP contribution is 2.41. The molecule has 0 aliphatic rings. The highest BCUT2D eigenvalue weighted by atomic mass is 35.5. The summed E-state index contributed by atoms with van der Waals surface area (Å²) in [6.45, 7) is 0. The molecule has 23 heavy (non-hydrogen) atoms. The Kier molecular flexibility index (Phi) is 5.63. The number of hydrogen-bond donors (Lipinski definition) is 1. The van der Waals surface area contributed by atoms with Crippen molar-refractivity contribution in [3.63, 3.8) is 0 Å². The van der Waals surface area contributed by atoms with Gasteiger partial charge in [-0.05, 0) is 29.8 Å². The van der Waals surface area contributed by atoms with E-state index in [-0.39, 0.29) is 0 Å². The van der Waals surface area contributed by atoms with E-state index in [0.717, 1.165) is 0 Å². The van der Waals surface area contributed by atoms with Crippen molar-refractivity contribution in [2.24, 2.45) is 0 Å². The van der Waals surface area contributed by atoms with Crippen LogP contribution in [0.15, 0.2) is 54.6 Å². The summed E-state index contributed by atoms with van der Waals surface area (Å²) in [5, 5.41) is 9.37. The van der Waals surface area contributed by atoms with Crippen molar-refractivity contribution in [3.05, 3.63) is 60.2 Å². The van der Waals surface area contributed by atoms with Crippen LogP contribution in [-0.4, -0.2) is 22.6 Å². The number of halogens is 3. The largest absolute Gasteiger partial charge is 0.497 e. The first kappa shape index (κ1) is 17.7. The Bertz CT molecular complexity index is 662. The summed E-state index contributed by atoms with van der Waals surface area (Å²) in [5.41, 5.74) is 0.216. The molecule has 1 atom stereocenters. The lowest BCUT2D eigenvalue weighted by atomic mass is 10.1. The quantitative estimate of drug-likeness (QED) is 0.590. The fourth-order valence-corrected chi connectivity index (χ4v) is 2.93. The third-order valence-corrected chi connectivity index (χ3v) is 4.35. The molecule has 7 heteroatoms. The number of rotatable bonds is 6. The van der Waals surface area contributed by atoms with Crippen LogP contribution in [0.4, 0.5) is 5.69 Å². The van der Waals surface area contributed by atoms with Gasteiger partial charge in [-0.3, -0.25) is 0 Å². The van der Waals surface area contributed by atoms with Crippen molar-refractivity contribution < 1.29 is 14.6 Å². The van der Waals surface area contributed by atoms with Crippen molar-refractivity contribution in [1.82, 2.24) is 0 Å². The molecule has 2 rings (SSSR count). The summed E-state index contributed by atoms with van der Waals surface area (Å²) >= 11 is 18.6. The molecule has 2 aromatic carbocycles. The van der Waals surface area contributed by atoms with Crippen LogP contribution in [-0.2, 0) is 4.79 Å². The zero-order valence-corrected chi connectivity index (χ0v) is 14.4. The fraction of sp³-hybridized carbons (Fsp3) is 0.188. The van der Waals surface area contributed by atoms with E-state index in [0.29, 0.717) is 17.0 Å². The molecule has 1 N–H and O–H groups in total. The van der Waals surface area contributed by atoms with Crippen LogP contribution >= 0.6 is 34.8 Å². The summed E-state index contributed by atoms with van der Waals surface area (Å²) in [5.74, 6) is -0.756. The summed E-state index contributed by atoms with van der Waals surface area (Å²) in [4.78, 5) is 12.7. The second-order valence-electron chi connectivity index (χ2n) is 4.66. The smallest absolute Gasteiger partial charge is 0.361 e. The average molecular weight is 375 g/mol. The molecule has 2 aromatic rings. The van der Waals surface area contributed by atoms with Crippen molar-refractivity contribution in [2.45, 2.75) is 9.96 Å². The number of aliphatic carboxylic acids is 1. The number of hydrogen-bond acceptors (Lipinski definition) is 3. The number of alkyl halides is 3. The van der Waals surface area contributed by atoms with Gasteiger partial charge >= 0.3 is 5.97 Å². The molecule has 0 bridgehead atoms. The van der Waals surface area contributed by atoms with E-state index in [4.69, 9.17) is 39.5 Å². The van der Waals surface area contributed by atoms with E-state index < -0.39 is 15.9 Å². The maximum atomic E-state index is 11.5. The van der Waals surface area contributed by atoms with Crippen molar-refractivity contribution in [2.75, 3.05) is 12.0 Å². The van der Waals surface area contributed by atoms with Gasteiger partial charge in [0.1, 0.15) is 11.3 Å². The molecular weight excluding hydrogens is 361 g/mol. The van der Waals surface area contributed by atoms with Gasteiger partial charge < -0.3 is 14.7 Å². The molecule has 0 heterocycles. The molecule has 0 amide bonds. The van der Waals surface area contributed by atoms with Crippen molar-refractivity contribution >= 4 is 46.5 Å². The number of carboxylic acids is 1. The monoisotopic (exact) mass is 373 g/mol. The minimum Gasteiger partial charge on any atom is -0.497 e. The van der Waals surface area contributed by atoms with Crippen LogP contribution in [0.1, 0.15) is 11.1 Å². The van der Waals surface area contributed by atoms with Crippen LogP contribution < -0.4 is 9.64 Å². The Balaban J connectivity index is 2.46. The van der Waals surface area contributed by atoms with Gasteiger partial charge in [0.05, 0.1) is 7.11 Å². The van der Waals surface area contributed by atoms with Crippen LogP contribution in [0.3, 0.4) is 0 Å². The normalized spacial score (nSPS) is 12.5. The SMILES string of the molecule is COc1ccc(C(Cl)N(c2ccccc2)C(Cl)(Cl)C(=O)O)cc1. The van der Waals surface area contributed by atoms with E-state index in [1.807, 2.05) is 0 Å². The third-order valence-electron chi connectivity index (χ3n) is 3.21. The maximum absolute atomic E-state index is 11.5. The summed E-state index contributed by atoms with van der Waals surface area (Å²) in [6.07, 6.45) is 0. The number of ether oxygens (including phenoxy) is 1. The molecule has 0 aliphatic heterocycles. The van der Waals surface area contributed by atoms with Gasteiger partial charge in [-0.25, -0.2) is 4.79 Å². The van der Waals surface area contributed by atoms with Crippen LogP contribution in [0.2, 0.25) is 0 Å². The minimum atomic E-state index is -2.23. The lowest BCUT2D eigenvalue weighted by Crippen LogP contribution is -2.47. The highest BCUT2D eigenvalue weighted by molar-refractivity contribution is 6.59. The molecule has 0 aromatic heterocycles. The molecule has 0 spiro atoms. The third kappa shape index (κ3) is 3.83. The zero-order chi connectivity index (χ0) is 17.0. The molecular formula is C16H14Cl3NO3. The second-order valence-corrected chi connectivity index (χ2v) is 6.36. The van der Waals surface area contributed by atoms with Crippen molar-refractivity contribution in [1.29, 1.82) is 0 Å². The van der Waals surface area contributed by atoms with Crippen LogP contribution in [0.5, 0.6) is 5.75 Å². The Morgan fingerprint density at radius 3 is 2.17 bits per heavy atom. The Morgan fingerprint density at radius 2 is 1.70 bits per heavy atom. The number of anilines is 1. The van der Waals surface area contributed by atoms with Gasteiger partial charge in [0.2, 0.25) is 0 Å². The number of nitrogens with zero attached hydrogens (tertiary/aromatic N) is 1. The van der Waals surface area contributed by atoms with Gasteiger partial charge in [0.15, 0.2) is 0 Å². The lowest BCUT2D eigenvalue weighted by Gasteiger charge is -2.36. The van der Waals surface area contributed by atoms with Gasteiger partial charge in [-0.1, -0.05) is 65.1 Å². The summed E-state index contributed by atoms with van der Waals surface area (Å²) < 4.78 is 2.87. The number of methoxy groups -OCH3 is 1. The Morgan fingerprint density at radius 1 is 1.13 bits per heavy atom. The topological polar surface area (TPSA) is 49.8 Å². The van der Waals surface area contributed by atoms with E-state index in [1.54, 1.807) is 61.7 Å². The fourth-order valence-electron chi connectivity index (χ4n) is 2.04. The Hall–Kier alpha value is -1.62. The summed E-state index contributed by atoms with van der Waals surface area (Å²) in [6, 6.07) is 15.5. The Labute approximate surface area is 149 Å². The second kappa shape index (κ2) is 7.30. The first-order chi connectivity index (χ1) is 10.9. The van der Waals surface area contributed by atoms with Gasteiger partial charge in [-0.15, -0.1) is 0 Å². The number of carbonyl (C=O) groups is 1. The van der Waals surface area contributed by atoms with Crippen molar-refractivity contribution in [3.8, 4) is 5.75 Å². The molecule has 0 aliphatic carbocycles. The minimum absolute atomic E-state index is 0.482. The molecule has 0 fully saturated rings.